The number of anilines is 1. The number of benzene rings is 3. The number of carbonyl (C=O) groups is 2. The number of ether oxygens (including phenoxy) is 2. The minimum Gasteiger partial charge on any atom is -0.490 e. The number of para-hydroxylation sites is 1. The second-order valence-corrected chi connectivity index (χ2v) is 8.75. The highest BCUT2D eigenvalue weighted by molar-refractivity contribution is 14.1. The highest BCUT2D eigenvalue weighted by atomic mass is 127. The molecule has 0 aromatic heterocycles. The molecule has 2 amide bonds. The van der Waals surface area contributed by atoms with Crippen molar-refractivity contribution in [2.75, 3.05) is 11.6 Å². The number of halogens is 2. The van der Waals surface area contributed by atoms with Crippen LogP contribution in [0.3, 0.4) is 0 Å². The summed E-state index contributed by atoms with van der Waals surface area (Å²) >= 11 is 8.11. The number of hydrogen-bond donors (Lipinski definition) is 1. The zero-order valence-corrected chi connectivity index (χ0v) is 20.6. The molecule has 0 saturated carbocycles. The van der Waals surface area contributed by atoms with E-state index in [0.717, 1.165) is 9.13 Å². The van der Waals surface area contributed by atoms with Crippen LogP contribution in [0, 0.1) is 3.57 Å². The van der Waals surface area contributed by atoms with Crippen molar-refractivity contribution in [3.8, 4) is 11.5 Å². The Hall–Kier alpha value is -3.04. The highest BCUT2D eigenvalue weighted by Gasteiger charge is 2.34. The summed E-state index contributed by atoms with van der Waals surface area (Å²) in [6.07, 6.45) is 1.56. The van der Waals surface area contributed by atoms with Gasteiger partial charge >= 0.3 is 0 Å². The van der Waals surface area contributed by atoms with E-state index in [2.05, 4.69) is 28.0 Å². The Labute approximate surface area is 210 Å². The molecule has 1 N–H and O–H groups in total. The average Bonchev–Trinajstić information content (AvgIpc) is 3.09. The van der Waals surface area contributed by atoms with Crippen LogP contribution in [0.5, 0.6) is 11.5 Å². The number of hydrazine groups is 1. The molecule has 0 spiro atoms. The molecule has 1 aliphatic heterocycles. The molecule has 3 aromatic carbocycles. The number of carbonyl (C=O) groups excluding carboxylic acids is 2. The van der Waals surface area contributed by atoms with Gasteiger partial charge in [-0.3, -0.25) is 15.0 Å². The maximum atomic E-state index is 12.9. The van der Waals surface area contributed by atoms with Gasteiger partial charge in [0, 0.05) is 5.02 Å². The Morgan fingerprint density at radius 2 is 1.76 bits per heavy atom. The van der Waals surface area contributed by atoms with Crippen molar-refractivity contribution >= 4 is 57.8 Å². The van der Waals surface area contributed by atoms with Gasteiger partial charge in [-0.1, -0.05) is 41.9 Å². The van der Waals surface area contributed by atoms with E-state index in [1.807, 2.05) is 43.3 Å². The summed E-state index contributed by atoms with van der Waals surface area (Å²) in [6, 6.07) is 20.0. The number of hydrogen-bond acceptors (Lipinski definition) is 4. The maximum absolute atomic E-state index is 12.9. The first-order valence-corrected chi connectivity index (χ1v) is 11.7. The Bertz CT molecular complexity index is 1210. The van der Waals surface area contributed by atoms with Gasteiger partial charge in [-0.25, -0.2) is 5.01 Å². The molecule has 0 aliphatic carbocycles. The summed E-state index contributed by atoms with van der Waals surface area (Å²) in [5.74, 6) is 0.265. The van der Waals surface area contributed by atoms with E-state index < -0.39 is 11.8 Å². The quantitative estimate of drug-likeness (QED) is 0.234. The van der Waals surface area contributed by atoms with Crippen LogP contribution in [-0.4, -0.2) is 18.4 Å². The molecule has 33 heavy (non-hydrogen) atoms. The molecule has 6 nitrogen and oxygen atoms in total. The Morgan fingerprint density at radius 1 is 1.03 bits per heavy atom. The molecule has 168 valence electrons. The Kier molecular flexibility index (Phi) is 7.20. The monoisotopic (exact) mass is 574 g/mol. The van der Waals surface area contributed by atoms with Crippen LogP contribution >= 0.6 is 34.2 Å². The van der Waals surface area contributed by atoms with Crippen LogP contribution in [0.25, 0.3) is 6.08 Å². The predicted octanol–water partition coefficient (Wildman–Crippen LogP) is 5.38. The van der Waals surface area contributed by atoms with Crippen molar-refractivity contribution in [3.63, 3.8) is 0 Å². The van der Waals surface area contributed by atoms with Crippen LogP contribution < -0.4 is 19.9 Å². The third-order valence-corrected chi connectivity index (χ3v) is 5.90. The van der Waals surface area contributed by atoms with Gasteiger partial charge in [-0.15, -0.1) is 0 Å². The molecular formula is C25H20ClIN2O4. The van der Waals surface area contributed by atoms with Gasteiger partial charge in [0.2, 0.25) is 0 Å². The second-order valence-electron chi connectivity index (χ2n) is 7.15. The Morgan fingerprint density at radius 3 is 2.45 bits per heavy atom. The van der Waals surface area contributed by atoms with Crippen molar-refractivity contribution in [1.82, 2.24) is 5.43 Å². The molecule has 0 bridgehead atoms. The van der Waals surface area contributed by atoms with E-state index in [1.54, 1.807) is 36.4 Å². The molecule has 0 radical (unpaired) electrons. The van der Waals surface area contributed by atoms with E-state index in [0.29, 0.717) is 41.0 Å². The summed E-state index contributed by atoms with van der Waals surface area (Å²) < 4.78 is 12.6. The van der Waals surface area contributed by atoms with Crippen LogP contribution in [0.4, 0.5) is 5.69 Å². The van der Waals surface area contributed by atoms with Crippen molar-refractivity contribution in [2.24, 2.45) is 0 Å². The van der Waals surface area contributed by atoms with Crippen LogP contribution in [0.2, 0.25) is 5.02 Å². The van der Waals surface area contributed by atoms with E-state index in [1.165, 1.54) is 5.01 Å². The lowest BCUT2D eigenvalue weighted by atomic mass is 10.1. The van der Waals surface area contributed by atoms with Crippen LogP contribution in [0.1, 0.15) is 18.1 Å². The topological polar surface area (TPSA) is 67.9 Å². The molecule has 1 heterocycles. The van der Waals surface area contributed by atoms with Crippen molar-refractivity contribution in [2.45, 2.75) is 13.5 Å². The van der Waals surface area contributed by atoms with E-state index in [-0.39, 0.29) is 5.57 Å². The van der Waals surface area contributed by atoms with Crippen LogP contribution in [-0.2, 0) is 16.2 Å². The number of amides is 2. The Balaban J connectivity index is 1.60. The first-order valence-electron chi connectivity index (χ1n) is 10.2. The van der Waals surface area contributed by atoms with Gasteiger partial charge in [-0.2, -0.15) is 0 Å². The van der Waals surface area contributed by atoms with E-state index in [4.69, 9.17) is 21.1 Å². The zero-order chi connectivity index (χ0) is 23.4. The summed E-state index contributed by atoms with van der Waals surface area (Å²) in [6.45, 7) is 2.67. The molecule has 0 atom stereocenters. The summed E-state index contributed by atoms with van der Waals surface area (Å²) in [5.41, 5.74) is 4.88. The van der Waals surface area contributed by atoms with Gasteiger partial charge in [-0.05, 0) is 83.1 Å². The largest absolute Gasteiger partial charge is 0.490 e. The normalized spacial score (nSPS) is 14.5. The lowest BCUT2D eigenvalue weighted by Crippen LogP contribution is -2.35. The molecule has 1 saturated heterocycles. The van der Waals surface area contributed by atoms with Gasteiger partial charge in [0.1, 0.15) is 12.2 Å². The fourth-order valence-electron chi connectivity index (χ4n) is 3.29. The molecule has 8 heteroatoms. The number of nitrogens with zero attached hydrogens (tertiary/aromatic N) is 1. The predicted molar refractivity (Wildman–Crippen MR) is 136 cm³/mol. The molecule has 3 aromatic rings. The fourth-order valence-corrected chi connectivity index (χ4v) is 4.20. The zero-order valence-electron chi connectivity index (χ0n) is 17.7. The summed E-state index contributed by atoms with van der Waals surface area (Å²) in [5, 5.41) is 1.91. The molecule has 4 rings (SSSR count). The smallest absolute Gasteiger partial charge is 0.282 e. The lowest BCUT2D eigenvalue weighted by molar-refractivity contribution is -0.117. The number of rotatable bonds is 7. The standard InChI is InChI=1S/C25H20ClIN2O4/c1-2-32-22-14-17(13-21(27)23(22)33-15-16-8-10-18(26)11-9-16)12-20-24(30)28-29(25(20)31)19-6-4-3-5-7-19/h3-14H,2,15H2,1H3,(H,28,30)/b20-12-. The maximum Gasteiger partial charge on any atom is 0.282 e. The second kappa shape index (κ2) is 10.3. The van der Waals surface area contributed by atoms with Crippen molar-refractivity contribution in [1.29, 1.82) is 0 Å². The van der Waals surface area contributed by atoms with E-state index >= 15 is 0 Å². The van der Waals surface area contributed by atoms with Crippen LogP contribution in [0.15, 0.2) is 72.3 Å². The lowest BCUT2D eigenvalue weighted by Gasteiger charge is -2.15. The average molecular weight is 575 g/mol. The minimum atomic E-state index is -0.458. The van der Waals surface area contributed by atoms with Gasteiger partial charge < -0.3 is 9.47 Å². The van der Waals surface area contributed by atoms with Gasteiger partial charge in [0.05, 0.1) is 15.9 Å². The minimum absolute atomic E-state index is 0.0481. The summed E-state index contributed by atoms with van der Waals surface area (Å²) in [7, 11) is 0. The SMILES string of the molecule is CCOc1cc(/C=C2/C(=O)NN(c3ccccc3)C2=O)cc(I)c1OCc1ccc(Cl)cc1. The first-order chi connectivity index (χ1) is 16.0. The summed E-state index contributed by atoms with van der Waals surface area (Å²) in [4.78, 5) is 25.4. The van der Waals surface area contributed by atoms with Gasteiger partial charge in [0.15, 0.2) is 11.5 Å². The van der Waals surface area contributed by atoms with Gasteiger partial charge in [0.25, 0.3) is 11.8 Å². The fraction of sp³-hybridized carbons (Fsp3) is 0.120. The third-order valence-electron chi connectivity index (χ3n) is 4.84. The molecule has 1 fully saturated rings. The molecular weight excluding hydrogens is 555 g/mol. The van der Waals surface area contributed by atoms with Crippen molar-refractivity contribution < 1.29 is 19.1 Å². The molecule has 1 aliphatic rings. The third kappa shape index (κ3) is 5.31. The highest BCUT2D eigenvalue weighted by Crippen LogP contribution is 2.36. The first kappa shape index (κ1) is 23.1. The van der Waals surface area contributed by atoms with Crippen molar-refractivity contribution in [3.05, 3.63) is 92.0 Å². The van der Waals surface area contributed by atoms with E-state index in [9.17, 15) is 9.59 Å². The number of nitrogens with one attached hydrogen (secondary N) is 1. The molecule has 0 unspecified atom stereocenters.